The van der Waals surface area contributed by atoms with E-state index >= 15 is 0 Å². The highest BCUT2D eigenvalue weighted by Gasteiger charge is 2.27. The second kappa shape index (κ2) is 7.28. The molecule has 1 saturated heterocycles. The molecule has 0 atom stereocenters. The van der Waals surface area contributed by atoms with E-state index < -0.39 is 11.6 Å². The van der Waals surface area contributed by atoms with Crippen molar-refractivity contribution in [2.45, 2.75) is 51.7 Å². The Labute approximate surface area is 124 Å². The van der Waals surface area contributed by atoms with Crippen LogP contribution in [0, 0.1) is 0 Å². The molecule has 1 N–H and O–H groups in total. The number of likely N-dealkylation sites (tertiary alicyclic amines) is 1. The lowest BCUT2D eigenvalue weighted by Gasteiger charge is -2.33. The maximum absolute atomic E-state index is 11.9. The summed E-state index contributed by atoms with van der Waals surface area (Å²) in [7, 11) is 1.24. The Morgan fingerprint density at radius 2 is 1.76 bits per heavy atom. The van der Waals surface area contributed by atoms with Crippen molar-refractivity contribution in [2.24, 2.45) is 0 Å². The molecule has 21 heavy (non-hydrogen) atoms. The molecule has 0 aliphatic carbocycles. The molecule has 1 heterocycles. The standard InChI is InChI=1S/C14H24N2O5/c1-14(2,3)21-13(19)16-7-5-10(6-8-16)15-11(17)9-12(18)20-4/h10H,5-9H2,1-4H3,(H,15,17). The number of rotatable bonds is 3. The average Bonchev–Trinajstić information content (AvgIpc) is 2.37. The quantitative estimate of drug-likeness (QED) is 0.622. The van der Waals surface area contributed by atoms with Crippen molar-refractivity contribution in [3.05, 3.63) is 0 Å². The minimum Gasteiger partial charge on any atom is -0.469 e. The van der Waals surface area contributed by atoms with Gasteiger partial charge in [0.25, 0.3) is 0 Å². The van der Waals surface area contributed by atoms with Crippen LogP contribution in [0.5, 0.6) is 0 Å². The van der Waals surface area contributed by atoms with E-state index in [1.54, 1.807) is 4.90 Å². The molecule has 7 heteroatoms. The molecule has 0 radical (unpaired) electrons. The number of piperidine rings is 1. The maximum Gasteiger partial charge on any atom is 0.410 e. The van der Waals surface area contributed by atoms with E-state index in [0.29, 0.717) is 25.9 Å². The van der Waals surface area contributed by atoms with Gasteiger partial charge in [-0.1, -0.05) is 0 Å². The number of nitrogens with one attached hydrogen (secondary N) is 1. The van der Waals surface area contributed by atoms with Crippen molar-refractivity contribution in [3.63, 3.8) is 0 Å². The van der Waals surface area contributed by atoms with Crippen molar-refractivity contribution < 1.29 is 23.9 Å². The summed E-state index contributed by atoms with van der Waals surface area (Å²) in [6.07, 6.45) is 0.683. The normalized spacial score (nSPS) is 16.3. The molecule has 0 aromatic heterocycles. The van der Waals surface area contributed by atoms with Gasteiger partial charge in [-0.15, -0.1) is 0 Å². The second-order valence-electron chi connectivity index (χ2n) is 6.06. The first-order valence-electron chi connectivity index (χ1n) is 7.05. The van der Waals surface area contributed by atoms with Crippen molar-refractivity contribution >= 4 is 18.0 Å². The third-order valence-corrected chi connectivity index (χ3v) is 3.04. The van der Waals surface area contributed by atoms with Crippen LogP contribution in [-0.4, -0.2) is 54.7 Å². The van der Waals surface area contributed by atoms with Crippen LogP contribution in [0.15, 0.2) is 0 Å². The van der Waals surface area contributed by atoms with E-state index in [2.05, 4.69) is 10.1 Å². The molecule has 1 aliphatic rings. The third kappa shape index (κ3) is 6.46. The molecule has 2 amide bonds. The zero-order chi connectivity index (χ0) is 16.0. The fraction of sp³-hybridized carbons (Fsp3) is 0.786. The molecule has 0 bridgehead atoms. The summed E-state index contributed by atoms with van der Waals surface area (Å²) in [5, 5.41) is 2.77. The highest BCUT2D eigenvalue weighted by atomic mass is 16.6. The fourth-order valence-electron chi connectivity index (χ4n) is 2.01. The van der Waals surface area contributed by atoms with Crippen LogP contribution in [0.2, 0.25) is 0 Å². The summed E-state index contributed by atoms with van der Waals surface area (Å²) in [4.78, 5) is 36.1. The number of ether oxygens (including phenoxy) is 2. The summed E-state index contributed by atoms with van der Waals surface area (Å²) in [6.45, 7) is 6.52. The molecular weight excluding hydrogens is 276 g/mol. The lowest BCUT2D eigenvalue weighted by molar-refractivity contribution is -0.144. The first-order valence-corrected chi connectivity index (χ1v) is 7.05. The first kappa shape index (κ1) is 17.3. The first-order chi connectivity index (χ1) is 9.71. The van der Waals surface area contributed by atoms with Crippen molar-refractivity contribution in [1.82, 2.24) is 10.2 Å². The molecule has 0 saturated carbocycles. The summed E-state index contributed by atoms with van der Waals surface area (Å²) in [6, 6.07) is -0.0270. The lowest BCUT2D eigenvalue weighted by Crippen LogP contribution is -2.48. The molecule has 1 rings (SSSR count). The summed E-state index contributed by atoms with van der Waals surface area (Å²) in [5.41, 5.74) is -0.511. The van der Waals surface area contributed by atoms with E-state index in [0.717, 1.165) is 0 Å². The van der Waals surface area contributed by atoms with Crippen LogP contribution < -0.4 is 5.32 Å². The van der Waals surface area contributed by atoms with Gasteiger partial charge in [-0.2, -0.15) is 0 Å². The van der Waals surface area contributed by atoms with E-state index in [4.69, 9.17) is 4.74 Å². The maximum atomic E-state index is 11.9. The van der Waals surface area contributed by atoms with E-state index in [9.17, 15) is 14.4 Å². The Hall–Kier alpha value is -1.79. The van der Waals surface area contributed by atoms with Crippen molar-refractivity contribution in [3.8, 4) is 0 Å². The molecule has 1 aliphatic heterocycles. The molecule has 1 fully saturated rings. The molecule has 0 spiro atoms. The number of esters is 1. The molecule has 0 aromatic carbocycles. The summed E-state index contributed by atoms with van der Waals surface area (Å²) < 4.78 is 9.73. The van der Waals surface area contributed by atoms with Crippen LogP contribution in [0.1, 0.15) is 40.0 Å². The van der Waals surface area contributed by atoms with Gasteiger partial charge in [-0.25, -0.2) is 4.79 Å². The Bertz CT molecular complexity index is 395. The Morgan fingerprint density at radius 3 is 2.24 bits per heavy atom. The van der Waals surface area contributed by atoms with Gasteiger partial charge < -0.3 is 19.7 Å². The minimum atomic E-state index is -0.557. The second-order valence-corrected chi connectivity index (χ2v) is 6.06. The zero-order valence-corrected chi connectivity index (χ0v) is 13.1. The Morgan fingerprint density at radius 1 is 1.19 bits per heavy atom. The molecular formula is C14H24N2O5. The van der Waals surface area contributed by atoms with Gasteiger partial charge in [0.05, 0.1) is 7.11 Å². The van der Waals surface area contributed by atoms with E-state index in [1.807, 2.05) is 20.8 Å². The van der Waals surface area contributed by atoms with Crippen LogP contribution in [0.4, 0.5) is 4.79 Å². The largest absolute Gasteiger partial charge is 0.469 e. The zero-order valence-electron chi connectivity index (χ0n) is 13.1. The van der Waals surface area contributed by atoms with Gasteiger partial charge in [0, 0.05) is 19.1 Å². The number of hydrogen-bond acceptors (Lipinski definition) is 5. The highest BCUT2D eigenvalue weighted by Crippen LogP contribution is 2.15. The fourth-order valence-corrected chi connectivity index (χ4v) is 2.01. The topological polar surface area (TPSA) is 84.9 Å². The van der Waals surface area contributed by atoms with Gasteiger partial charge in [0.15, 0.2) is 0 Å². The number of carbonyl (C=O) groups excluding carboxylic acids is 3. The van der Waals surface area contributed by atoms with Crippen molar-refractivity contribution in [1.29, 1.82) is 0 Å². The van der Waals surface area contributed by atoms with E-state index in [-0.39, 0.29) is 24.5 Å². The number of nitrogens with zero attached hydrogens (tertiary/aromatic N) is 1. The summed E-state index contributed by atoms with van der Waals surface area (Å²) in [5.74, 6) is -0.906. The third-order valence-electron chi connectivity index (χ3n) is 3.04. The van der Waals surface area contributed by atoms with E-state index in [1.165, 1.54) is 7.11 Å². The van der Waals surface area contributed by atoms with Crippen molar-refractivity contribution in [2.75, 3.05) is 20.2 Å². The minimum absolute atomic E-state index is 0.0270. The highest BCUT2D eigenvalue weighted by molar-refractivity contribution is 5.94. The van der Waals surface area contributed by atoms with Crippen LogP contribution in [0.25, 0.3) is 0 Å². The number of methoxy groups -OCH3 is 1. The Balaban J connectivity index is 2.34. The molecule has 0 aromatic rings. The van der Waals surface area contributed by atoms with Crippen LogP contribution >= 0.6 is 0 Å². The Kier molecular flexibility index (Phi) is 5.99. The molecule has 120 valence electrons. The predicted molar refractivity (Wildman–Crippen MR) is 75.6 cm³/mol. The number of amides is 2. The van der Waals surface area contributed by atoms with Crippen LogP contribution in [-0.2, 0) is 19.1 Å². The molecule has 7 nitrogen and oxygen atoms in total. The van der Waals surface area contributed by atoms with Gasteiger partial charge in [0.2, 0.25) is 5.91 Å². The molecule has 0 unspecified atom stereocenters. The SMILES string of the molecule is COC(=O)CC(=O)NC1CCN(C(=O)OC(C)(C)C)CC1. The predicted octanol–water partition coefficient (Wildman–Crippen LogP) is 1.07. The van der Waals surface area contributed by atoms with Gasteiger partial charge in [0.1, 0.15) is 12.0 Å². The monoisotopic (exact) mass is 300 g/mol. The summed E-state index contributed by atoms with van der Waals surface area (Å²) >= 11 is 0. The van der Waals surface area contributed by atoms with Gasteiger partial charge >= 0.3 is 12.1 Å². The smallest absolute Gasteiger partial charge is 0.410 e. The van der Waals surface area contributed by atoms with Gasteiger partial charge in [-0.05, 0) is 33.6 Å². The number of carbonyl (C=O) groups is 3. The lowest BCUT2D eigenvalue weighted by atomic mass is 10.1. The number of hydrogen-bond donors (Lipinski definition) is 1. The van der Waals surface area contributed by atoms with Gasteiger partial charge in [-0.3, -0.25) is 9.59 Å². The average molecular weight is 300 g/mol. The van der Waals surface area contributed by atoms with Crippen LogP contribution in [0.3, 0.4) is 0 Å².